The zero-order valence-electron chi connectivity index (χ0n) is 8.06. The molecule has 2 rings (SSSR count). The van der Waals surface area contributed by atoms with E-state index in [4.69, 9.17) is 5.73 Å². The highest BCUT2D eigenvalue weighted by molar-refractivity contribution is 6.15. The van der Waals surface area contributed by atoms with Gasteiger partial charge in [0.1, 0.15) is 0 Å². The van der Waals surface area contributed by atoms with Gasteiger partial charge in [-0.25, -0.2) is 9.69 Å². The summed E-state index contributed by atoms with van der Waals surface area (Å²) in [6, 6.07) is 6.24. The fraction of sp³-hybridized carbons (Fsp3) is 0.200. The minimum atomic E-state index is -0.379. The van der Waals surface area contributed by atoms with Crippen LogP contribution in [-0.4, -0.2) is 18.5 Å². The molecule has 0 atom stereocenters. The van der Waals surface area contributed by atoms with E-state index in [1.165, 1.54) is 0 Å². The molecule has 0 spiro atoms. The van der Waals surface area contributed by atoms with Crippen molar-refractivity contribution in [1.29, 1.82) is 0 Å². The van der Waals surface area contributed by atoms with Gasteiger partial charge in [-0.2, -0.15) is 0 Å². The van der Waals surface area contributed by atoms with Crippen molar-refractivity contribution in [3.8, 4) is 0 Å². The van der Waals surface area contributed by atoms with Gasteiger partial charge in [-0.05, 0) is 24.3 Å². The lowest BCUT2D eigenvalue weighted by atomic mass is 10.2. The maximum atomic E-state index is 11.5. The number of anilines is 2. The van der Waals surface area contributed by atoms with Gasteiger partial charge >= 0.3 is 6.03 Å². The maximum Gasteiger partial charge on any atom is 0.328 e. The van der Waals surface area contributed by atoms with Crippen molar-refractivity contribution in [3.05, 3.63) is 24.3 Å². The molecule has 5 heteroatoms. The van der Waals surface area contributed by atoms with Crippen molar-refractivity contribution in [3.63, 3.8) is 0 Å². The van der Waals surface area contributed by atoms with E-state index in [0.29, 0.717) is 24.3 Å². The Bertz CT molecular complexity index is 384. The van der Waals surface area contributed by atoms with Crippen LogP contribution in [0, 0.1) is 0 Å². The quantitative estimate of drug-likeness (QED) is 0.663. The molecular formula is C10H11N3O2. The second-order valence-electron chi connectivity index (χ2n) is 3.30. The summed E-state index contributed by atoms with van der Waals surface area (Å²) in [5, 5.41) is 2.61. The minimum Gasteiger partial charge on any atom is -0.399 e. The molecule has 3 N–H and O–H groups in total. The van der Waals surface area contributed by atoms with Crippen LogP contribution in [-0.2, 0) is 4.79 Å². The molecule has 3 amide bonds. The third-order valence-electron chi connectivity index (χ3n) is 2.22. The molecule has 5 nitrogen and oxygen atoms in total. The van der Waals surface area contributed by atoms with E-state index in [1.807, 2.05) is 0 Å². The molecule has 1 fully saturated rings. The summed E-state index contributed by atoms with van der Waals surface area (Å²) >= 11 is 0. The molecule has 0 bridgehead atoms. The van der Waals surface area contributed by atoms with Gasteiger partial charge in [-0.15, -0.1) is 0 Å². The number of carbonyl (C=O) groups excluding carboxylic acids is 2. The number of imide groups is 1. The normalized spacial score (nSPS) is 16.4. The summed E-state index contributed by atoms with van der Waals surface area (Å²) in [4.78, 5) is 24.1. The predicted octanol–water partition coefficient (Wildman–Crippen LogP) is 0.715. The average molecular weight is 205 g/mol. The largest absolute Gasteiger partial charge is 0.399 e. The van der Waals surface area contributed by atoms with Crippen molar-refractivity contribution in [2.24, 2.45) is 0 Å². The monoisotopic (exact) mass is 205 g/mol. The highest BCUT2D eigenvalue weighted by Crippen LogP contribution is 2.18. The van der Waals surface area contributed by atoms with Gasteiger partial charge in [0.2, 0.25) is 5.91 Å². The molecule has 0 unspecified atom stereocenters. The highest BCUT2D eigenvalue weighted by Gasteiger charge is 2.26. The molecular weight excluding hydrogens is 194 g/mol. The number of hydrogen-bond acceptors (Lipinski definition) is 3. The second-order valence-corrected chi connectivity index (χ2v) is 3.30. The van der Waals surface area contributed by atoms with Crippen LogP contribution >= 0.6 is 0 Å². The Morgan fingerprint density at radius 1 is 1.20 bits per heavy atom. The van der Waals surface area contributed by atoms with Crippen LogP contribution in [0.1, 0.15) is 6.42 Å². The van der Waals surface area contributed by atoms with E-state index in [2.05, 4.69) is 5.32 Å². The third-order valence-corrected chi connectivity index (χ3v) is 2.22. The number of nitrogens with one attached hydrogen (secondary N) is 1. The summed E-state index contributed by atoms with van der Waals surface area (Å²) in [7, 11) is 0. The molecule has 1 aromatic carbocycles. The van der Waals surface area contributed by atoms with Crippen LogP contribution in [0.15, 0.2) is 24.3 Å². The summed E-state index contributed by atoms with van der Waals surface area (Å²) in [5.41, 5.74) is 6.67. The van der Waals surface area contributed by atoms with Gasteiger partial charge in [-0.3, -0.25) is 4.79 Å². The van der Waals surface area contributed by atoms with Crippen LogP contribution in [0.2, 0.25) is 0 Å². The Morgan fingerprint density at radius 3 is 2.47 bits per heavy atom. The Morgan fingerprint density at radius 2 is 1.87 bits per heavy atom. The molecule has 0 aliphatic carbocycles. The summed E-state index contributed by atoms with van der Waals surface area (Å²) < 4.78 is 0. The van der Waals surface area contributed by atoms with E-state index >= 15 is 0 Å². The number of urea groups is 1. The first kappa shape index (κ1) is 9.51. The lowest BCUT2D eigenvalue weighted by molar-refractivity contribution is -0.118. The molecule has 1 saturated heterocycles. The molecule has 78 valence electrons. The van der Waals surface area contributed by atoms with Crippen LogP contribution in [0.4, 0.5) is 16.2 Å². The lowest BCUT2D eigenvalue weighted by Gasteiger charge is -2.25. The molecule has 1 aliphatic rings. The number of nitrogen functional groups attached to an aromatic ring is 1. The molecule has 1 aliphatic heterocycles. The third kappa shape index (κ3) is 1.76. The first-order chi connectivity index (χ1) is 7.18. The van der Waals surface area contributed by atoms with Crippen molar-refractivity contribution in [2.75, 3.05) is 17.2 Å². The zero-order chi connectivity index (χ0) is 10.8. The van der Waals surface area contributed by atoms with Gasteiger partial charge in [0, 0.05) is 18.7 Å². The smallest absolute Gasteiger partial charge is 0.328 e. The summed E-state index contributed by atoms with van der Waals surface area (Å²) in [5.74, 6) is -0.191. The van der Waals surface area contributed by atoms with Gasteiger partial charge in [0.15, 0.2) is 0 Å². The molecule has 0 aromatic heterocycles. The molecule has 1 heterocycles. The van der Waals surface area contributed by atoms with E-state index in [-0.39, 0.29) is 11.9 Å². The number of amides is 3. The Hall–Kier alpha value is -2.04. The van der Waals surface area contributed by atoms with Gasteiger partial charge < -0.3 is 11.1 Å². The Kier molecular flexibility index (Phi) is 2.29. The van der Waals surface area contributed by atoms with E-state index in [0.717, 1.165) is 4.90 Å². The van der Waals surface area contributed by atoms with Gasteiger partial charge in [0.25, 0.3) is 0 Å². The number of nitrogens with zero attached hydrogens (tertiary/aromatic N) is 1. The first-order valence-corrected chi connectivity index (χ1v) is 4.65. The Balaban J connectivity index is 2.31. The van der Waals surface area contributed by atoms with Gasteiger partial charge in [0.05, 0.1) is 5.69 Å². The average Bonchev–Trinajstić information content (AvgIpc) is 2.20. The molecule has 1 aromatic rings. The van der Waals surface area contributed by atoms with Crippen LogP contribution < -0.4 is 16.0 Å². The molecule has 15 heavy (non-hydrogen) atoms. The minimum absolute atomic E-state index is 0.191. The summed E-state index contributed by atoms with van der Waals surface area (Å²) in [6.45, 7) is 0.406. The maximum absolute atomic E-state index is 11.5. The van der Waals surface area contributed by atoms with Crippen molar-refractivity contribution in [2.45, 2.75) is 6.42 Å². The number of rotatable bonds is 1. The van der Waals surface area contributed by atoms with E-state index < -0.39 is 0 Å². The predicted molar refractivity (Wildman–Crippen MR) is 56.4 cm³/mol. The zero-order valence-corrected chi connectivity index (χ0v) is 8.06. The van der Waals surface area contributed by atoms with Crippen LogP contribution in [0.3, 0.4) is 0 Å². The summed E-state index contributed by atoms with van der Waals surface area (Å²) in [6.07, 6.45) is 0.329. The second kappa shape index (κ2) is 3.61. The van der Waals surface area contributed by atoms with Crippen LogP contribution in [0.5, 0.6) is 0 Å². The lowest BCUT2D eigenvalue weighted by Crippen LogP contribution is -2.50. The first-order valence-electron chi connectivity index (χ1n) is 4.65. The van der Waals surface area contributed by atoms with E-state index in [9.17, 15) is 9.59 Å². The SMILES string of the molecule is Nc1ccc(N2C(=O)CCNC2=O)cc1. The van der Waals surface area contributed by atoms with Crippen molar-refractivity contribution >= 4 is 23.3 Å². The number of benzene rings is 1. The standard InChI is InChI=1S/C10H11N3O2/c11-7-1-3-8(4-2-7)13-9(14)5-6-12-10(13)15/h1-4H,5-6,11H2,(H,12,15). The highest BCUT2D eigenvalue weighted by atomic mass is 16.2. The van der Waals surface area contributed by atoms with Crippen LogP contribution in [0.25, 0.3) is 0 Å². The van der Waals surface area contributed by atoms with Crippen molar-refractivity contribution in [1.82, 2.24) is 5.32 Å². The number of hydrogen-bond donors (Lipinski definition) is 2. The fourth-order valence-electron chi connectivity index (χ4n) is 1.47. The molecule has 0 saturated carbocycles. The number of nitrogens with two attached hydrogens (primary N) is 1. The van der Waals surface area contributed by atoms with E-state index in [1.54, 1.807) is 24.3 Å². The molecule has 0 radical (unpaired) electrons. The fourth-order valence-corrected chi connectivity index (χ4v) is 1.47. The topological polar surface area (TPSA) is 75.4 Å². The van der Waals surface area contributed by atoms with Crippen molar-refractivity contribution < 1.29 is 9.59 Å². The Labute approximate surface area is 86.9 Å². The number of carbonyl (C=O) groups is 2. The van der Waals surface area contributed by atoms with Gasteiger partial charge in [-0.1, -0.05) is 0 Å².